The van der Waals surface area contributed by atoms with Gasteiger partial charge in [0, 0.05) is 0 Å². The van der Waals surface area contributed by atoms with Crippen LogP contribution in [0.2, 0.25) is 0 Å². The van der Waals surface area contributed by atoms with Crippen LogP contribution in [0.15, 0.2) is 42.5 Å². The molecule has 2 aromatic carbocycles. The first-order valence-electron chi connectivity index (χ1n) is 6.02. The van der Waals surface area contributed by atoms with Crippen LogP contribution < -0.4 is 0 Å². The Morgan fingerprint density at radius 1 is 0.875 bits per heavy atom. The maximum atomic E-state index is 3.29. The molecule has 0 bridgehead atoms. The molecule has 0 unspecified atom stereocenters. The molecule has 16 heavy (non-hydrogen) atoms. The van der Waals surface area contributed by atoms with Gasteiger partial charge in [-0.05, 0) is 54.0 Å². The van der Waals surface area contributed by atoms with Crippen molar-refractivity contribution in [3.05, 3.63) is 59.7 Å². The number of hydrogen-bond acceptors (Lipinski definition) is 0. The van der Waals surface area contributed by atoms with E-state index in [1.165, 1.54) is 36.8 Å². The number of benzene rings is 2. The Morgan fingerprint density at radius 2 is 1.75 bits per heavy atom. The first kappa shape index (κ1) is 9.65. The van der Waals surface area contributed by atoms with Gasteiger partial charge in [-0.1, -0.05) is 42.5 Å². The van der Waals surface area contributed by atoms with Crippen molar-refractivity contribution >= 4 is 0 Å². The van der Waals surface area contributed by atoms with E-state index in [2.05, 4.69) is 36.4 Å². The van der Waals surface area contributed by atoms with Crippen LogP contribution in [-0.2, 0) is 12.8 Å². The quantitative estimate of drug-likeness (QED) is 0.662. The van der Waals surface area contributed by atoms with Crippen LogP contribution in [0.5, 0.6) is 0 Å². The molecule has 1 aliphatic carbocycles. The summed E-state index contributed by atoms with van der Waals surface area (Å²) in [6, 6.07) is 18.4. The first-order chi connectivity index (χ1) is 7.93. The van der Waals surface area contributed by atoms with Gasteiger partial charge in [0.1, 0.15) is 0 Å². The van der Waals surface area contributed by atoms with E-state index >= 15 is 0 Å². The van der Waals surface area contributed by atoms with E-state index in [0.29, 0.717) is 0 Å². The van der Waals surface area contributed by atoms with E-state index in [-0.39, 0.29) is 0 Å². The van der Waals surface area contributed by atoms with Gasteiger partial charge in [0.25, 0.3) is 0 Å². The number of rotatable bonds is 1. The summed E-state index contributed by atoms with van der Waals surface area (Å²) in [4.78, 5) is 0. The topological polar surface area (TPSA) is 0 Å². The minimum Gasteiger partial charge on any atom is -0.0616 e. The van der Waals surface area contributed by atoms with Crippen molar-refractivity contribution < 1.29 is 0 Å². The lowest BCUT2D eigenvalue weighted by Gasteiger charge is -2.16. The molecule has 2 aromatic rings. The van der Waals surface area contributed by atoms with Crippen molar-refractivity contribution in [1.29, 1.82) is 0 Å². The standard InChI is InChI=1S/C16H15/c1-2-6-13(7-3-1)16-11-10-14-8-4-5-9-15(14)12-16/h1-3,6,10-12H,4-5,8-9H2. The SMILES string of the molecule is [c]1ccccc1-c1ccc2c(c1)CCCC2. The van der Waals surface area contributed by atoms with Crippen molar-refractivity contribution in [3.8, 4) is 11.1 Å². The van der Waals surface area contributed by atoms with Gasteiger partial charge >= 0.3 is 0 Å². The van der Waals surface area contributed by atoms with E-state index < -0.39 is 0 Å². The fourth-order valence-corrected chi connectivity index (χ4v) is 2.47. The molecular weight excluding hydrogens is 192 g/mol. The zero-order chi connectivity index (χ0) is 10.8. The average molecular weight is 207 g/mol. The van der Waals surface area contributed by atoms with Crippen LogP contribution in [0.1, 0.15) is 24.0 Å². The predicted molar refractivity (Wildman–Crippen MR) is 67.4 cm³/mol. The van der Waals surface area contributed by atoms with Gasteiger partial charge < -0.3 is 0 Å². The van der Waals surface area contributed by atoms with E-state index in [1.54, 1.807) is 11.1 Å². The molecule has 0 amide bonds. The summed E-state index contributed by atoms with van der Waals surface area (Å²) in [5.41, 5.74) is 5.60. The van der Waals surface area contributed by atoms with Crippen LogP contribution in [-0.4, -0.2) is 0 Å². The van der Waals surface area contributed by atoms with Crippen molar-refractivity contribution in [2.45, 2.75) is 25.7 Å². The monoisotopic (exact) mass is 207 g/mol. The summed E-state index contributed by atoms with van der Waals surface area (Å²) in [6.45, 7) is 0. The largest absolute Gasteiger partial charge is 0.0616 e. The van der Waals surface area contributed by atoms with Crippen LogP contribution in [0.25, 0.3) is 11.1 Å². The molecule has 79 valence electrons. The third kappa shape index (κ3) is 1.76. The van der Waals surface area contributed by atoms with Gasteiger partial charge in [-0.15, -0.1) is 0 Å². The molecule has 0 heterocycles. The molecule has 0 saturated carbocycles. The van der Waals surface area contributed by atoms with Gasteiger partial charge in [-0.2, -0.15) is 0 Å². The minimum atomic E-state index is 1.20. The molecule has 0 nitrogen and oxygen atoms in total. The van der Waals surface area contributed by atoms with Crippen molar-refractivity contribution in [1.82, 2.24) is 0 Å². The highest BCUT2D eigenvalue weighted by molar-refractivity contribution is 5.64. The fourth-order valence-electron chi connectivity index (χ4n) is 2.47. The summed E-state index contributed by atoms with van der Waals surface area (Å²) in [5, 5.41) is 0. The Labute approximate surface area is 96.9 Å². The highest BCUT2D eigenvalue weighted by atomic mass is 14.1. The molecule has 0 saturated heterocycles. The van der Waals surface area contributed by atoms with Crippen LogP contribution in [0, 0.1) is 6.07 Å². The highest BCUT2D eigenvalue weighted by Gasteiger charge is 2.09. The van der Waals surface area contributed by atoms with Gasteiger partial charge in [-0.3, -0.25) is 0 Å². The summed E-state index contributed by atoms with van der Waals surface area (Å²) < 4.78 is 0. The smallest absolute Gasteiger partial charge is 0.00992 e. The molecule has 3 rings (SSSR count). The van der Waals surface area contributed by atoms with Crippen LogP contribution in [0.3, 0.4) is 0 Å². The summed E-state index contributed by atoms with van der Waals surface area (Å²) in [6.07, 6.45) is 5.20. The maximum absolute atomic E-state index is 3.29. The Bertz CT molecular complexity index is 483. The molecule has 0 aliphatic heterocycles. The summed E-state index contributed by atoms with van der Waals surface area (Å²) in [7, 11) is 0. The third-order valence-corrected chi connectivity index (χ3v) is 3.37. The third-order valence-electron chi connectivity index (χ3n) is 3.37. The van der Waals surface area contributed by atoms with Crippen molar-refractivity contribution in [2.75, 3.05) is 0 Å². The fraction of sp³-hybridized carbons (Fsp3) is 0.250. The van der Waals surface area contributed by atoms with E-state index in [9.17, 15) is 0 Å². The zero-order valence-electron chi connectivity index (χ0n) is 9.37. The van der Waals surface area contributed by atoms with Crippen molar-refractivity contribution in [3.63, 3.8) is 0 Å². The predicted octanol–water partition coefficient (Wildman–Crippen LogP) is 4.03. The Hall–Kier alpha value is -1.56. The van der Waals surface area contributed by atoms with E-state index in [0.717, 1.165) is 0 Å². The molecule has 0 fully saturated rings. The van der Waals surface area contributed by atoms with Gasteiger partial charge in [0.2, 0.25) is 0 Å². The highest BCUT2D eigenvalue weighted by Crippen LogP contribution is 2.26. The van der Waals surface area contributed by atoms with Gasteiger partial charge in [0.15, 0.2) is 0 Å². The minimum absolute atomic E-state index is 1.20. The molecule has 0 atom stereocenters. The lowest BCUT2D eigenvalue weighted by molar-refractivity contribution is 0.686. The molecule has 1 aliphatic rings. The molecule has 0 spiro atoms. The van der Waals surface area contributed by atoms with Crippen molar-refractivity contribution in [2.24, 2.45) is 0 Å². The lowest BCUT2D eigenvalue weighted by atomic mass is 9.89. The molecular formula is C16H15. The number of aryl methyl sites for hydroxylation is 2. The Kier molecular flexibility index (Phi) is 2.49. The second-order valence-corrected chi connectivity index (χ2v) is 4.47. The van der Waals surface area contributed by atoms with Gasteiger partial charge in [0.05, 0.1) is 0 Å². The summed E-state index contributed by atoms with van der Waals surface area (Å²) in [5.74, 6) is 0. The molecule has 0 heteroatoms. The molecule has 1 radical (unpaired) electrons. The average Bonchev–Trinajstić information content (AvgIpc) is 2.39. The van der Waals surface area contributed by atoms with Gasteiger partial charge in [-0.25, -0.2) is 0 Å². The molecule has 0 N–H and O–H groups in total. The Morgan fingerprint density at radius 3 is 2.56 bits per heavy atom. The first-order valence-corrected chi connectivity index (χ1v) is 6.02. The zero-order valence-corrected chi connectivity index (χ0v) is 9.37. The number of hydrogen-bond donors (Lipinski definition) is 0. The second kappa shape index (κ2) is 4.13. The second-order valence-electron chi connectivity index (χ2n) is 4.47. The Balaban J connectivity index is 2.03. The van der Waals surface area contributed by atoms with E-state index in [1.807, 2.05) is 12.1 Å². The normalized spacial score (nSPS) is 14.5. The molecule has 0 aromatic heterocycles. The number of fused-ring (bicyclic) bond motifs is 1. The maximum Gasteiger partial charge on any atom is -0.00992 e. The lowest BCUT2D eigenvalue weighted by Crippen LogP contribution is -2.02. The summed E-state index contributed by atoms with van der Waals surface area (Å²) >= 11 is 0. The van der Waals surface area contributed by atoms with Crippen LogP contribution >= 0.6 is 0 Å². The van der Waals surface area contributed by atoms with E-state index in [4.69, 9.17) is 0 Å². The van der Waals surface area contributed by atoms with Crippen LogP contribution in [0.4, 0.5) is 0 Å².